The predicted molar refractivity (Wildman–Crippen MR) is 95.7 cm³/mol. The van der Waals surface area contributed by atoms with Crippen LogP contribution in [-0.4, -0.2) is 56.4 Å². The van der Waals surface area contributed by atoms with E-state index in [2.05, 4.69) is 58.3 Å². The van der Waals surface area contributed by atoms with Crippen LogP contribution in [0.4, 0.5) is 0 Å². The van der Waals surface area contributed by atoms with Gasteiger partial charge in [-0.2, -0.15) is 0 Å². The van der Waals surface area contributed by atoms with Crippen molar-refractivity contribution in [3.05, 3.63) is 35.9 Å². The zero-order chi connectivity index (χ0) is 15.2. The number of benzene rings is 1. The van der Waals surface area contributed by atoms with Gasteiger partial charge in [-0.15, -0.1) is 12.4 Å². The van der Waals surface area contributed by atoms with E-state index in [-0.39, 0.29) is 12.4 Å². The van der Waals surface area contributed by atoms with Crippen molar-refractivity contribution in [2.45, 2.75) is 25.6 Å². The number of ether oxygens (including phenoxy) is 1. The van der Waals surface area contributed by atoms with Crippen LogP contribution in [0.15, 0.2) is 30.3 Å². The minimum absolute atomic E-state index is 0. The van der Waals surface area contributed by atoms with Gasteiger partial charge in [0.25, 0.3) is 0 Å². The van der Waals surface area contributed by atoms with Crippen molar-refractivity contribution >= 4 is 12.4 Å². The number of hydrazine groups is 1. The fourth-order valence-corrected chi connectivity index (χ4v) is 3.21. The van der Waals surface area contributed by atoms with Gasteiger partial charge in [-0.05, 0) is 12.5 Å². The molecule has 3 rings (SSSR count). The minimum atomic E-state index is 0. The molecule has 0 aliphatic carbocycles. The molecule has 6 heteroatoms. The van der Waals surface area contributed by atoms with Crippen LogP contribution in [0.1, 0.15) is 12.5 Å². The molecule has 1 aromatic carbocycles. The number of hydrogen-bond donors (Lipinski definition) is 3. The van der Waals surface area contributed by atoms with Gasteiger partial charge in [0, 0.05) is 51.2 Å². The van der Waals surface area contributed by atoms with Gasteiger partial charge < -0.3 is 10.1 Å². The summed E-state index contributed by atoms with van der Waals surface area (Å²) in [6.07, 6.45) is 0.301. The van der Waals surface area contributed by atoms with Crippen LogP contribution < -0.4 is 16.2 Å². The molecule has 0 bridgehead atoms. The van der Waals surface area contributed by atoms with E-state index in [0.717, 1.165) is 45.9 Å². The Morgan fingerprint density at radius 2 is 2.09 bits per heavy atom. The Bertz CT molecular complexity index is 447. The lowest BCUT2D eigenvalue weighted by molar-refractivity contribution is -0.0301. The summed E-state index contributed by atoms with van der Waals surface area (Å²) in [6.45, 7) is 9.15. The first-order chi connectivity index (χ1) is 10.8. The smallest absolute Gasteiger partial charge is 0.0826 e. The van der Waals surface area contributed by atoms with Crippen LogP contribution in [0, 0.1) is 5.92 Å². The molecule has 2 aliphatic heterocycles. The molecule has 2 aliphatic rings. The summed E-state index contributed by atoms with van der Waals surface area (Å²) in [5.74, 6) is 0.656. The SMILES string of the molecule is CC1NNCC1CNCC1CN(Cc2ccccc2)CCO1.Cl. The molecular formula is C17H29ClN4O. The fourth-order valence-electron chi connectivity index (χ4n) is 3.21. The van der Waals surface area contributed by atoms with E-state index in [1.807, 2.05) is 0 Å². The van der Waals surface area contributed by atoms with E-state index < -0.39 is 0 Å². The molecule has 0 aromatic heterocycles. The third-order valence-electron chi connectivity index (χ3n) is 4.65. The quantitative estimate of drug-likeness (QED) is 0.721. The van der Waals surface area contributed by atoms with Gasteiger partial charge in [0.05, 0.1) is 12.7 Å². The Labute approximate surface area is 145 Å². The van der Waals surface area contributed by atoms with E-state index in [1.54, 1.807) is 0 Å². The second-order valence-electron chi connectivity index (χ2n) is 6.45. The molecule has 1 aromatic rings. The highest BCUT2D eigenvalue weighted by Gasteiger charge is 2.24. The molecule has 130 valence electrons. The summed E-state index contributed by atoms with van der Waals surface area (Å²) in [7, 11) is 0. The molecular weight excluding hydrogens is 312 g/mol. The molecule has 23 heavy (non-hydrogen) atoms. The Morgan fingerprint density at radius 3 is 2.83 bits per heavy atom. The Morgan fingerprint density at radius 1 is 1.26 bits per heavy atom. The summed E-state index contributed by atoms with van der Waals surface area (Å²) in [5, 5.41) is 3.58. The highest BCUT2D eigenvalue weighted by atomic mass is 35.5. The third kappa shape index (κ3) is 5.71. The van der Waals surface area contributed by atoms with Gasteiger partial charge in [-0.3, -0.25) is 15.8 Å². The average Bonchev–Trinajstić information content (AvgIpc) is 2.94. The maximum atomic E-state index is 5.90. The lowest BCUT2D eigenvalue weighted by atomic mass is 10.0. The van der Waals surface area contributed by atoms with Crippen molar-refractivity contribution in [3.63, 3.8) is 0 Å². The minimum Gasteiger partial charge on any atom is -0.374 e. The molecule has 3 unspecified atom stereocenters. The summed E-state index contributed by atoms with van der Waals surface area (Å²) in [4.78, 5) is 2.49. The zero-order valence-corrected chi connectivity index (χ0v) is 14.6. The number of nitrogens with one attached hydrogen (secondary N) is 3. The molecule has 0 spiro atoms. The first kappa shape index (κ1) is 18.6. The Hall–Kier alpha value is -0.690. The van der Waals surface area contributed by atoms with Gasteiger partial charge in [0.2, 0.25) is 0 Å². The summed E-state index contributed by atoms with van der Waals surface area (Å²) in [6, 6.07) is 11.2. The van der Waals surface area contributed by atoms with Crippen molar-refractivity contribution < 1.29 is 4.74 Å². The molecule has 3 N–H and O–H groups in total. The van der Waals surface area contributed by atoms with Gasteiger partial charge >= 0.3 is 0 Å². The standard InChI is InChI=1S/C17H28N4O.ClH/c1-14-16(10-19-20-14)9-18-11-17-13-21(7-8-22-17)12-15-5-3-2-4-6-15;/h2-6,14,16-20H,7-13H2,1H3;1H. The van der Waals surface area contributed by atoms with Gasteiger partial charge in [0.15, 0.2) is 0 Å². The Kier molecular flexibility index (Phi) is 7.76. The lowest BCUT2D eigenvalue weighted by Gasteiger charge is -2.33. The molecule has 5 nitrogen and oxygen atoms in total. The monoisotopic (exact) mass is 340 g/mol. The second-order valence-corrected chi connectivity index (χ2v) is 6.45. The molecule has 2 heterocycles. The summed E-state index contributed by atoms with van der Waals surface area (Å²) >= 11 is 0. The maximum Gasteiger partial charge on any atom is 0.0826 e. The van der Waals surface area contributed by atoms with Crippen LogP contribution in [0.2, 0.25) is 0 Å². The molecule has 0 amide bonds. The number of hydrogen-bond acceptors (Lipinski definition) is 5. The van der Waals surface area contributed by atoms with Crippen molar-refractivity contribution in [1.29, 1.82) is 0 Å². The third-order valence-corrected chi connectivity index (χ3v) is 4.65. The first-order valence-corrected chi connectivity index (χ1v) is 8.38. The number of halogens is 1. The zero-order valence-electron chi connectivity index (χ0n) is 13.8. The van der Waals surface area contributed by atoms with Crippen LogP contribution in [0.3, 0.4) is 0 Å². The van der Waals surface area contributed by atoms with Crippen molar-refractivity contribution in [2.75, 3.05) is 39.3 Å². The van der Waals surface area contributed by atoms with Gasteiger partial charge in [-0.25, -0.2) is 0 Å². The van der Waals surface area contributed by atoms with E-state index in [9.17, 15) is 0 Å². The highest BCUT2D eigenvalue weighted by Crippen LogP contribution is 2.10. The van der Waals surface area contributed by atoms with Gasteiger partial charge in [0.1, 0.15) is 0 Å². The largest absolute Gasteiger partial charge is 0.374 e. The van der Waals surface area contributed by atoms with Crippen LogP contribution in [-0.2, 0) is 11.3 Å². The number of nitrogens with zero attached hydrogens (tertiary/aromatic N) is 1. The van der Waals surface area contributed by atoms with Crippen molar-refractivity contribution in [2.24, 2.45) is 5.92 Å². The second kappa shape index (κ2) is 9.57. The van der Waals surface area contributed by atoms with E-state index in [0.29, 0.717) is 18.1 Å². The normalized spacial score (nSPS) is 28.5. The number of rotatable bonds is 6. The van der Waals surface area contributed by atoms with E-state index >= 15 is 0 Å². The summed E-state index contributed by atoms with van der Waals surface area (Å²) < 4.78 is 5.90. The number of morpholine rings is 1. The van der Waals surface area contributed by atoms with E-state index in [4.69, 9.17) is 4.74 Å². The topological polar surface area (TPSA) is 48.6 Å². The van der Waals surface area contributed by atoms with Gasteiger partial charge in [-0.1, -0.05) is 30.3 Å². The molecule has 0 radical (unpaired) electrons. The Balaban J connectivity index is 0.00000192. The fraction of sp³-hybridized carbons (Fsp3) is 0.647. The maximum absolute atomic E-state index is 5.90. The lowest BCUT2D eigenvalue weighted by Crippen LogP contribution is -2.47. The van der Waals surface area contributed by atoms with Crippen molar-refractivity contribution in [1.82, 2.24) is 21.1 Å². The van der Waals surface area contributed by atoms with Crippen LogP contribution in [0.25, 0.3) is 0 Å². The molecule has 3 atom stereocenters. The predicted octanol–water partition coefficient (Wildman–Crippen LogP) is 1.01. The average molecular weight is 341 g/mol. The molecule has 2 saturated heterocycles. The molecule has 2 fully saturated rings. The van der Waals surface area contributed by atoms with Crippen LogP contribution >= 0.6 is 12.4 Å². The van der Waals surface area contributed by atoms with E-state index in [1.165, 1.54) is 5.56 Å². The van der Waals surface area contributed by atoms with Crippen LogP contribution in [0.5, 0.6) is 0 Å². The highest BCUT2D eigenvalue weighted by molar-refractivity contribution is 5.85. The van der Waals surface area contributed by atoms with Crippen molar-refractivity contribution in [3.8, 4) is 0 Å². The molecule has 0 saturated carbocycles. The first-order valence-electron chi connectivity index (χ1n) is 8.38. The summed E-state index contributed by atoms with van der Waals surface area (Å²) in [5.41, 5.74) is 7.86.